The third-order valence-corrected chi connectivity index (χ3v) is 8.17. The Kier molecular flexibility index (Phi) is 9.05. The van der Waals surface area contributed by atoms with E-state index < -0.39 is 22.9 Å². The molecule has 1 aliphatic heterocycles. The molecule has 2 aliphatic rings. The van der Waals surface area contributed by atoms with Gasteiger partial charge in [0.2, 0.25) is 0 Å². The van der Waals surface area contributed by atoms with Crippen molar-refractivity contribution >= 4 is 28.1 Å². The van der Waals surface area contributed by atoms with E-state index in [2.05, 4.69) is 42.7 Å². The summed E-state index contributed by atoms with van der Waals surface area (Å²) in [6.45, 7) is 4.55. The topological polar surface area (TPSA) is 129 Å². The summed E-state index contributed by atoms with van der Waals surface area (Å²) >= 11 is -2.36. The first-order valence-corrected chi connectivity index (χ1v) is 14.8. The van der Waals surface area contributed by atoms with Crippen molar-refractivity contribution in [2.45, 2.75) is 37.8 Å². The number of aromatic nitrogens is 3. The lowest BCUT2D eigenvalue weighted by Crippen LogP contribution is -2.49. The maximum absolute atomic E-state index is 15.3. The van der Waals surface area contributed by atoms with Crippen LogP contribution >= 0.6 is 0 Å². The molecule has 6 rings (SSSR count). The Morgan fingerprint density at radius 1 is 0.927 bits per heavy atom. The summed E-state index contributed by atoms with van der Waals surface area (Å²) in [6, 6.07) is 12.0. The number of nitrogen functional groups attached to an aromatic ring is 1. The Morgan fingerprint density at radius 2 is 1.59 bits per heavy atom. The second kappa shape index (κ2) is 12.7. The summed E-state index contributed by atoms with van der Waals surface area (Å²) in [7, 11) is 2.19. The lowest BCUT2D eigenvalue weighted by atomic mass is 9.89. The van der Waals surface area contributed by atoms with E-state index in [1.807, 2.05) is 6.07 Å². The van der Waals surface area contributed by atoms with Crippen molar-refractivity contribution in [1.29, 1.82) is 0 Å². The average molecular weight is 583 g/mol. The zero-order valence-corrected chi connectivity index (χ0v) is 23.7. The van der Waals surface area contributed by atoms with Gasteiger partial charge in [0.25, 0.3) is 0 Å². The molecule has 1 unspecified atom stereocenters. The van der Waals surface area contributed by atoms with Gasteiger partial charge in [-0.2, -0.15) is 0 Å². The van der Waals surface area contributed by atoms with Crippen LogP contribution in [0.4, 0.5) is 14.6 Å². The van der Waals surface area contributed by atoms with Gasteiger partial charge in [0, 0.05) is 66.9 Å². The fourth-order valence-electron chi connectivity index (χ4n) is 6.07. The quantitative estimate of drug-likeness (QED) is 0.347. The zero-order chi connectivity index (χ0) is 29.1. The van der Waals surface area contributed by atoms with Gasteiger partial charge in [0.15, 0.2) is 0 Å². The fraction of sp³-hybridized carbons (Fsp3) is 0.379. The molecule has 0 amide bonds. The first-order chi connectivity index (χ1) is 19.7. The van der Waals surface area contributed by atoms with E-state index in [9.17, 15) is 4.39 Å². The number of halogens is 2. The minimum Gasteiger partial charge on any atom is -0.760 e. The van der Waals surface area contributed by atoms with E-state index in [-0.39, 0.29) is 0 Å². The van der Waals surface area contributed by atoms with Crippen LogP contribution in [0.5, 0.6) is 0 Å². The summed E-state index contributed by atoms with van der Waals surface area (Å²) in [5.74, 6) is -0.414. The second-order valence-electron chi connectivity index (χ2n) is 10.7. The van der Waals surface area contributed by atoms with Crippen LogP contribution in [0, 0.1) is 11.6 Å². The Hall–Kier alpha value is -3.29. The molecule has 41 heavy (non-hydrogen) atoms. The third kappa shape index (κ3) is 6.62. The van der Waals surface area contributed by atoms with Crippen LogP contribution in [0.15, 0.2) is 55.0 Å². The number of likely N-dealkylation sites (N-methyl/N-ethyl adjacent to an activating group) is 1. The lowest BCUT2D eigenvalue weighted by Gasteiger charge is -2.41. The molecule has 1 saturated heterocycles. The van der Waals surface area contributed by atoms with Gasteiger partial charge < -0.3 is 19.8 Å². The van der Waals surface area contributed by atoms with Gasteiger partial charge in [0.1, 0.15) is 29.4 Å². The molecule has 12 heteroatoms. The van der Waals surface area contributed by atoms with Crippen LogP contribution in [0.1, 0.15) is 31.7 Å². The first kappa shape index (κ1) is 29.2. The largest absolute Gasteiger partial charge is 0.760 e. The number of benzene rings is 2. The molecule has 1 atom stereocenters. The molecule has 1 saturated carbocycles. The van der Waals surface area contributed by atoms with E-state index in [1.165, 1.54) is 24.5 Å². The number of piperazine rings is 1. The Labute approximate surface area is 240 Å². The summed E-state index contributed by atoms with van der Waals surface area (Å²) in [5.41, 5.74) is 9.51. The summed E-state index contributed by atoms with van der Waals surface area (Å²) in [4.78, 5) is 13.9. The van der Waals surface area contributed by atoms with Crippen molar-refractivity contribution < 1.29 is 17.5 Å². The van der Waals surface area contributed by atoms with Crippen molar-refractivity contribution in [3.63, 3.8) is 0 Å². The number of hydrogen-bond acceptors (Lipinski definition) is 7. The summed E-state index contributed by atoms with van der Waals surface area (Å²) < 4.78 is 48.8. The molecule has 218 valence electrons. The smallest absolute Gasteiger partial charge is 0.146 e. The van der Waals surface area contributed by atoms with Crippen LogP contribution in [0.25, 0.3) is 33.3 Å². The van der Waals surface area contributed by atoms with Gasteiger partial charge in [0.05, 0.1) is 5.39 Å². The van der Waals surface area contributed by atoms with Gasteiger partial charge in [-0.15, -0.1) is 0 Å². The third-order valence-electron chi connectivity index (χ3n) is 8.17. The Morgan fingerprint density at radius 3 is 2.24 bits per heavy atom. The number of anilines is 1. The minimum absolute atomic E-state index is 0.311. The second-order valence-corrected chi connectivity index (χ2v) is 11.2. The highest BCUT2D eigenvalue weighted by atomic mass is 32.2. The van der Waals surface area contributed by atoms with Gasteiger partial charge >= 0.3 is 0 Å². The molecule has 0 bridgehead atoms. The van der Waals surface area contributed by atoms with Crippen molar-refractivity contribution in [3.05, 3.63) is 66.6 Å². The molecular formula is C29H34F2N7O2S-. The fourth-order valence-corrected chi connectivity index (χ4v) is 6.07. The standard InChI is InChI=1S/C29H32F2N6.H3NO2S/c1-35-11-13-36(14-12-35)22-6-8-23(9-7-22)37-17-25(27-28(32)33-18-34-29(27)37)20-5-10-24(26(31)16-20)19-3-2-4-21(30)15-19;1-4(2)3/h2-5,10,15-18,22-23H,6-9,11-14H2,1H3,(H2,32,33,34);1H2,(H,2,3)/p-1. The predicted octanol–water partition coefficient (Wildman–Crippen LogP) is 4.10. The lowest BCUT2D eigenvalue weighted by molar-refractivity contribution is 0.0828. The van der Waals surface area contributed by atoms with E-state index >= 15 is 4.39 Å². The number of hydrogen-bond donors (Lipinski definition) is 2. The van der Waals surface area contributed by atoms with Crippen LogP contribution in [0.3, 0.4) is 0 Å². The van der Waals surface area contributed by atoms with Gasteiger partial charge in [-0.25, -0.2) is 18.7 Å². The van der Waals surface area contributed by atoms with E-state index in [0.29, 0.717) is 34.6 Å². The highest BCUT2D eigenvalue weighted by molar-refractivity contribution is 7.76. The minimum atomic E-state index is -2.36. The molecular weight excluding hydrogens is 548 g/mol. The molecule has 4 aromatic rings. The normalized spacial score (nSPS) is 20.9. The number of fused-ring (bicyclic) bond motifs is 1. The number of rotatable bonds is 4. The molecule has 0 spiro atoms. The molecule has 2 aromatic carbocycles. The number of nitrogens with two attached hydrogens (primary N) is 2. The maximum Gasteiger partial charge on any atom is 0.146 e. The van der Waals surface area contributed by atoms with Crippen LogP contribution in [-0.2, 0) is 11.3 Å². The van der Waals surface area contributed by atoms with Crippen LogP contribution in [0.2, 0.25) is 0 Å². The molecule has 2 fully saturated rings. The SMILES string of the molecule is CN1CCN(C2CCC(n3cc(-c4ccc(-c5cccc(F)c5)c(F)c4)c4c(N)ncnc43)CC2)CC1.NS(=O)[O-]. The highest BCUT2D eigenvalue weighted by Gasteiger charge is 2.30. The van der Waals surface area contributed by atoms with Gasteiger partial charge in [-0.3, -0.25) is 14.2 Å². The molecule has 3 heterocycles. The van der Waals surface area contributed by atoms with Crippen molar-refractivity contribution in [1.82, 2.24) is 24.3 Å². The van der Waals surface area contributed by atoms with Crippen molar-refractivity contribution in [2.75, 3.05) is 39.0 Å². The zero-order valence-electron chi connectivity index (χ0n) is 22.9. The summed E-state index contributed by atoms with van der Waals surface area (Å²) in [5, 5.41) is 4.78. The molecule has 2 aromatic heterocycles. The Bertz CT molecular complexity index is 1530. The van der Waals surface area contributed by atoms with Crippen molar-refractivity contribution in [2.24, 2.45) is 5.14 Å². The number of nitrogens with zero attached hydrogens (tertiary/aromatic N) is 5. The van der Waals surface area contributed by atoms with Gasteiger partial charge in [-0.05, 0) is 62.1 Å². The average Bonchev–Trinajstić information content (AvgIpc) is 3.34. The maximum atomic E-state index is 15.3. The van der Waals surface area contributed by atoms with Crippen LogP contribution < -0.4 is 10.9 Å². The van der Waals surface area contributed by atoms with E-state index in [0.717, 1.165) is 68.5 Å². The van der Waals surface area contributed by atoms with E-state index in [4.69, 9.17) is 14.5 Å². The molecule has 9 nitrogen and oxygen atoms in total. The van der Waals surface area contributed by atoms with Crippen LogP contribution in [-0.4, -0.2) is 72.4 Å². The molecule has 0 radical (unpaired) electrons. The molecule has 4 N–H and O–H groups in total. The van der Waals surface area contributed by atoms with Gasteiger partial charge in [-0.1, -0.05) is 24.3 Å². The predicted molar refractivity (Wildman–Crippen MR) is 156 cm³/mol. The Balaban J connectivity index is 0.000000794. The van der Waals surface area contributed by atoms with E-state index in [1.54, 1.807) is 18.2 Å². The first-order valence-electron chi connectivity index (χ1n) is 13.6. The monoisotopic (exact) mass is 582 g/mol. The van der Waals surface area contributed by atoms with Crippen molar-refractivity contribution in [3.8, 4) is 22.3 Å². The highest BCUT2D eigenvalue weighted by Crippen LogP contribution is 2.40. The molecule has 1 aliphatic carbocycles. The summed E-state index contributed by atoms with van der Waals surface area (Å²) in [6.07, 6.45) is 8.00.